The molecule has 0 amide bonds. The highest BCUT2D eigenvalue weighted by Gasteiger charge is 2.16. The first-order chi connectivity index (χ1) is 10.7. The molecule has 0 aliphatic carbocycles. The lowest BCUT2D eigenvalue weighted by Gasteiger charge is -2.06. The van der Waals surface area contributed by atoms with E-state index in [1.165, 1.54) is 20.3 Å². The Kier molecular flexibility index (Phi) is 7.44. The minimum atomic E-state index is -1.08. The van der Waals surface area contributed by atoms with Gasteiger partial charge in [0, 0.05) is 4.47 Å². The quantitative estimate of drug-likeness (QED) is 0.424. The van der Waals surface area contributed by atoms with Gasteiger partial charge >= 0.3 is 0 Å². The third-order valence-electron chi connectivity index (χ3n) is 2.48. The maximum absolute atomic E-state index is 12.8. The maximum Gasteiger partial charge on any atom is 0.202 e. The lowest BCUT2D eigenvalue weighted by molar-refractivity contribution is 0.371. The van der Waals surface area contributed by atoms with E-state index < -0.39 is 23.3 Å². The van der Waals surface area contributed by atoms with Gasteiger partial charge in [0.15, 0.2) is 23.1 Å². The van der Waals surface area contributed by atoms with Crippen LogP contribution in [0, 0.1) is 23.3 Å². The highest BCUT2D eigenvalue weighted by atomic mass is 79.9. The molecule has 0 N–H and O–H groups in total. The lowest BCUT2D eigenvalue weighted by atomic mass is 10.3. The molecule has 0 saturated heterocycles. The number of hydrogen-bond acceptors (Lipinski definition) is 2. The number of benzene rings is 2. The number of ether oxygens (including phenoxy) is 2. The van der Waals surface area contributed by atoms with Crippen LogP contribution in [0.2, 0.25) is 10.0 Å². The van der Waals surface area contributed by atoms with E-state index in [9.17, 15) is 17.6 Å². The van der Waals surface area contributed by atoms with Crippen molar-refractivity contribution >= 4 is 39.1 Å². The van der Waals surface area contributed by atoms with Gasteiger partial charge in [-0.05, 0) is 34.1 Å². The molecule has 0 heterocycles. The van der Waals surface area contributed by atoms with Crippen molar-refractivity contribution in [3.63, 3.8) is 0 Å². The van der Waals surface area contributed by atoms with Crippen LogP contribution in [0.5, 0.6) is 11.5 Å². The summed E-state index contributed by atoms with van der Waals surface area (Å²) in [5, 5.41) is 0.0859. The maximum atomic E-state index is 12.8. The van der Waals surface area contributed by atoms with Crippen molar-refractivity contribution in [1.82, 2.24) is 0 Å². The van der Waals surface area contributed by atoms with Crippen LogP contribution in [0.3, 0.4) is 0 Å². The molecular formula is C14H9BrCl2F4O2. The van der Waals surface area contributed by atoms with Gasteiger partial charge in [-0.15, -0.1) is 0 Å². The number of halogens is 7. The molecule has 9 heteroatoms. The van der Waals surface area contributed by atoms with Crippen molar-refractivity contribution in [2.24, 2.45) is 0 Å². The van der Waals surface area contributed by atoms with Crippen LogP contribution in [0.1, 0.15) is 0 Å². The predicted molar refractivity (Wildman–Crippen MR) is 83.5 cm³/mol. The Morgan fingerprint density at radius 2 is 1.39 bits per heavy atom. The average Bonchev–Trinajstić information content (AvgIpc) is 2.51. The van der Waals surface area contributed by atoms with E-state index in [2.05, 4.69) is 25.4 Å². The molecule has 0 fully saturated rings. The van der Waals surface area contributed by atoms with E-state index >= 15 is 0 Å². The monoisotopic (exact) mass is 434 g/mol. The summed E-state index contributed by atoms with van der Waals surface area (Å²) in [6.07, 6.45) is 0. The summed E-state index contributed by atoms with van der Waals surface area (Å²) in [6, 6.07) is 3.12. The molecule has 2 aromatic carbocycles. The Labute approximate surface area is 148 Å². The fourth-order valence-electron chi connectivity index (χ4n) is 1.43. The molecule has 0 aromatic heterocycles. The summed E-state index contributed by atoms with van der Waals surface area (Å²) in [4.78, 5) is 0. The summed E-state index contributed by atoms with van der Waals surface area (Å²) in [7, 11) is 2.44. The minimum absolute atomic E-state index is 0.0244. The highest BCUT2D eigenvalue weighted by molar-refractivity contribution is 9.10. The van der Waals surface area contributed by atoms with Crippen LogP contribution in [0.15, 0.2) is 22.7 Å². The summed E-state index contributed by atoms with van der Waals surface area (Å²) >= 11 is 14.0. The first-order valence-corrected chi connectivity index (χ1v) is 7.33. The Morgan fingerprint density at radius 1 is 0.870 bits per heavy atom. The van der Waals surface area contributed by atoms with Gasteiger partial charge < -0.3 is 9.47 Å². The molecule has 0 radical (unpaired) electrons. The molecule has 0 aliphatic heterocycles. The number of hydrogen-bond donors (Lipinski definition) is 0. The summed E-state index contributed by atoms with van der Waals surface area (Å²) in [5.41, 5.74) is 0. The van der Waals surface area contributed by atoms with Crippen molar-refractivity contribution in [1.29, 1.82) is 0 Å². The minimum Gasteiger partial charge on any atom is -0.492 e. The molecule has 0 unspecified atom stereocenters. The van der Waals surface area contributed by atoms with Crippen LogP contribution < -0.4 is 9.47 Å². The zero-order valence-corrected chi connectivity index (χ0v) is 14.8. The van der Waals surface area contributed by atoms with E-state index in [0.717, 1.165) is 12.1 Å². The average molecular weight is 436 g/mol. The van der Waals surface area contributed by atoms with Crippen molar-refractivity contribution < 1.29 is 27.0 Å². The van der Waals surface area contributed by atoms with Gasteiger partial charge in [-0.3, -0.25) is 0 Å². The molecule has 2 aromatic rings. The van der Waals surface area contributed by atoms with Crippen LogP contribution in [0.25, 0.3) is 0 Å². The summed E-state index contributed by atoms with van der Waals surface area (Å²) < 4.78 is 59.9. The summed E-state index contributed by atoms with van der Waals surface area (Å²) in [5.74, 6) is -4.64. The van der Waals surface area contributed by atoms with Gasteiger partial charge in [-0.1, -0.05) is 23.2 Å². The van der Waals surface area contributed by atoms with E-state index in [4.69, 9.17) is 23.2 Å². The lowest BCUT2D eigenvalue weighted by Crippen LogP contribution is -1.93. The van der Waals surface area contributed by atoms with Crippen LogP contribution in [-0.4, -0.2) is 14.2 Å². The fourth-order valence-corrected chi connectivity index (χ4v) is 2.24. The van der Waals surface area contributed by atoms with Crippen molar-refractivity contribution in [3.05, 3.63) is 56.0 Å². The van der Waals surface area contributed by atoms with E-state index in [-0.39, 0.29) is 26.0 Å². The fraction of sp³-hybridized carbons (Fsp3) is 0.143. The predicted octanol–water partition coefficient (Wildman–Crippen LogP) is 6.02. The molecule has 2 rings (SSSR count). The van der Waals surface area contributed by atoms with E-state index in [1.807, 2.05) is 0 Å². The van der Waals surface area contributed by atoms with Gasteiger partial charge in [-0.25, -0.2) is 8.78 Å². The second kappa shape index (κ2) is 8.61. The zero-order valence-electron chi connectivity index (χ0n) is 11.7. The van der Waals surface area contributed by atoms with Crippen LogP contribution in [-0.2, 0) is 0 Å². The first-order valence-electron chi connectivity index (χ1n) is 5.79. The van der Waals surface area contributed by atoms with Gasteiger partial charge in [0.05, 0.1) is 19.2 Å². The SMILES string of the molecule is COc1c(Cl)ccc(F)c1F.COc1c(F)c(F)cc(Br)c1Cl. The van der Waals surface area contributed by atoms with Crippen LogP contribution >= 0.6 is 39.1 Å². The molecular weight excluding hydrogens is 427 g/mol. The smallest absolute Gasteiger partial charge is 0.202 e. The molecule has 0 atom stereocenters. The molecule has 0 spiro atoms. The molecule has 126 valence electrons. The Bertz CT molecular complexity index is 688. The van der Waals surface area contributed by atoms with Crippen molar-refractivity contribution in [2.75, 3.05) is 14.2 Å². The molecule has 0 bridgehead atoms. The topological polar surface area (TPSA) is 18.5 Å². The van der Waals surface area contributed by atoms with E-state index in [0.29, 0.717) is 0 Å². The normalized spacial score (nSPS) is 9.96. The largest absolute Gasteiger partial charge is 0.492 e. The van der Waals surface area contributed by atoms with Gasteiger partial charge in [0.1, 0.15) is 5.02 Å². The third-order valence-corrected chi connectivity index (χ3v) is 4.01. The Hall–Kier alpha value is -1.18. The van der Waals surface area contributed by atoms with Gasteiger partial charge in [-0.2, -0.15) is 8.78 Å². The second-order valence-electron chi connectivity index (χ2n) is 3.88. The van der Waals surface area contributed by atoms with Gasteiger partial charge in [0.25, 0.3) is 0 Å². The second-order valence-corrected chi connectivity index (χ2v) is 5.52. The highest BCUT2D eigenvalue weighted by Crippen LogP contribution is 2.35. The van der Waals surface area contributed by atoms with Crippen molar-refractivity contribution in [3.8, 4) is 11.5 Å². The van der Waals surface area contributed by atoms with Gasteiger partial charge in [0.2, 0.25) is 11.6 Å². The standard InChI is InChI=1S/C7H4BrClF2O.C7H5ClF2O/c1-12-7-5(9)3(8)2-4(10)6(7)11;1-11-7-4(8)2-3-5(9)6(7)10/h2H,1H3;2-3H,1H3. The number of methoxy groups -OCH3 is 2. The van der Waals surface area contributed by atoms with Crippen molar-refractivity contribution in [2.45, 2.75) is 0 Å². The number of rotatable bonds is 2. The molecule has 0 aliphatic rings. The first kappa shape index (κ1) is 19.9. The third kappa shape index (κ3) is 4.65. The molecule has 2 nitrogen and oxygen atoms in total. The Morgan fingerprint density at radius 3 is 1.87 bits per heavy atom. The molecule has 23 heavy (non-hydrogen) atoms. The molecule has 0 saturated carbocycles. The van der Waals surface area contributed by atoms with Crippen LogP contribution in [0.4, 0.5) is 17.6 Å². The summed E-state index contributed by atoms with van der Waals surface area (Å²) in [6.45, 7) is 0. The van der Waals surface area contributed by atoms with E-state index in [1.54, 1.807) is 0 Å². The Balaban J connectivity index is 0.000000231. The zero-order chi connectivity index (χ0) is 17.7.